The molecule has 62 valence electrons. The van der Waals surface area contributed by atoms with Gasteiger partial charge in [0, 0.05) is 19.5 Å². The Hall–Kier alpha value is -1.06. The maximum Gasteiger partial charge on any atom is 0.407 e. The molecule has 1 amide bonds. The van der Waals surface area contributed by atoms with E-state index in [-0.39, 0.29) is 11.7 Å². The van der Waals surface area contributed by atoms with Crippen LogP contribution in [-0.4, -0.2) is 35.0 Å². The van der Waals surface area contributed by atoms with E-state index in [9.17, 15) is 9.59 Å². The van der Waals surface area contributed by atoms with E-state index in [4.69, 9.17) is 5.11 Å². The monoisotopic (exact) mass is 157 g/mol. The van der Waals surface area contributed by atoms with Crippen LogP contribution in [0.25, 0.3) is 0 Å². The Bertz CT molecular complexity index is 184. The molecule has 11 heavy (non-hydrogen) atoms. The van der Waals surface area contributed by atoms with Crippen molar-refractivity contribution in [1.82, 2.24) is 4.90 Å². The van der Waals surface area contributed by atoms with Crippen LogP contribution < -0.4 is 0 Å². The Labute approximate surface area is 64.8 Å². The molecule has 0 atom stereocenters. The first-order valence-corrected chi connectivity index (χ1v) is 3.65. The fourth-order valence-electron chi connectivity index (χ4n) is 1.13. The van der Waals surface area contributed by atoms with Gasteiger partial charge in [0.15, 0.2) is 0 Å². The second kappa shape index (κ2) is 2.90. The second-order valence-electron chi connectivity index (χ2n) is 2.70. The topological polar surface area (TPSA) is 57.6 Å². The fourth-order valence-corrected chi connectivity index (χ4v) is 1.13. The smallest absolute Gasteiger partial charge is 0.407 e. The summed E-state index contributed by atoms with van der Waals surface area (Å²) in [6.45, 7) is 2.58. The Morgan fingerprint density at radius 3 is 2.45 bits per heavy atom. The van der Waals surface area contributed by atoms with E-state index >= 15 is 0 Å². The van der Waals surface area contributed by atoms with Crippen LogP contribution in [0.15, 0.2) is 0 Å². The molecule has 0 aliphatic carbocycles. The molecule has 1 rings (SSSR count). The van der Waals surface area contributed by atoms with Gasteiger partial charge in [-0.05, 0) is 0 Å². The van der Waals surface area contributed by atoms with E-state index in [0.717, 1.165) is 0 Å². The highest BCUT2D eigenvalue weighted by molar-refractivity contribution is 5.83. The molecule has 1 saturated heterocycles. The molecule has 1 aliphatic rings. The first-order valence-electron chi connectivity index (χ1n) is 3.65. The lowest BCUT2D eigenvalue weighted by atomic mass is 9.94. The van der Waals surface area contributed by atoms with Gasteiger partial charge in [-0.15, -0.1) is 0 Å². The number of carbonyl (C=O) groups excluding carboxylic acids is 1. The highest BCUT2D eigenvalue weighted by Gasteiger charge is 2.34. The van der Waals surface area contributed by atoms with Crippen LogP contribution in [0.1, 0.15) is 13.3 Å². The molecule has 0 bridgehead atoms. The molecule has 0 aromatic rings. The van der Waals surface area contributed by atoms with Gasteiger partial charge in [0.1, 0.15) is 5.78 Å². The molecule has 0 aromatic carbocycles. The molecule has 4 nitrogen and oxygen atoms in total. The van der Waals surface area contributed by atoms with Gasteiger partial charge in [0.05, 0.1) is 5.92 Å². The number of carboxylic acid groups (broad SMARTS) is 1. The predicted molar refractivity (Wildman–Crippen MR) is 38.4 cm³/mol. The van der Waals surface area contributed by atoms with E-state index in [2.05, 4.69) is 0 Å². The van der Waals surface area contributed by atoms with Gasteiger partial charge in [-0.3, -0.25) is 4.79 Å². The minimum Gasteiger partial charge on any atom is -0.465 e. The third kappa shape index (κ3) is 1.50. The predicted octanol–water partition coefficient (Wildman–Crippen LogP) is 0.575. The van der Waals surface area contributed by atoms with Crippen molar-refractivity contribution in [2.45, 2.75) is 13.3 Å². The maximum atomic E-state index is 10.9. The maximum absolute atomic E-state index is 10.9. The van der Waals surface area contributed by atoms with Crippen molar-refractivity contribution < 1.29 is 14.7 Å². The molecule has 0 radical (unpaired) electrons. The number of carbonyl (C=O) groups is 2. The first-order chi connectivity index (χ1) is 5.15. The van der Waals surface area contributed by atoms with Crippen molar-refractivity contribution in [3.8, 4) is 0 Å². The quantitative estimate of drug-likeness (QED) is 0.637. The molecule has 0 unspecified atom stereocenters. The molecule has 0 saturated carbocycles. The number of Topliss-reactive ketones (excluding diaryl/α,β-unsaturated/α-hetero) is 1. The molecule has 1 N–H and O–H groups in total. The lowest BCUT2D eigenvalue weighted by Gasteiger charge is -2.35. The van der Waals surface area contributed by atoms with Crippen molar-refractivity contribution in [3.63, 3.8) is 0 Å². The average Bonchev–Trinajstić information content (AvgIpc) is 1.83. The van der Waals surface area contributed by atoms with Gasteiger partial charge in [-0.25, -0.2) is 4.79 Å². The molecule has 1 aliphatic heterocycles. The highest BCUT2D eigenvalue weighted by Crippen LogP contribution is 2.17. The Kier molecular flexibility index (Phi) is 2.12. The van der Waals surface area contributed by atoms with Gasteiger partial charge in [0.25, 0.3) is 0 Å². The van der Waals surface area contributed by atoms with Gasteiger partial charge < -0.3 is 10.0 Å². The largest absolute Gasteiger partial charge is 0.465 e. The minimum atomic E-state index is -0.926. The van der Waals surface area contributed by atoms with Gasteiger partial charge in [-0.2, -0.15) is 0 Å². The number of nitrogens with zero attached hydrogens (tertiary/aromatic N) is 1. The summed E-state index contributed by atoms with van der Waals surface area (Å²) in [6.07, 6.45) is -0.414. The summed E-state index contributed by atoms with van der Waals surface area (Å²) in [5.41, 5.74) is 0. The van der Waals surface area contributed by atoms with Crippen molar-refractivity contribution in [1.29, 1.82) is 0 Å². The number of likely N-dealkylation sites (tertiary alicyclic amines) is 1. The molecule has 4 heteroatoms. The standard InChI is InChI=1S/C7H11NO3/c1-2-6(9)5-3-8(4-5)7(10)11/h5H,2-4H2,1H3,(H,10,11). The van der Waals surface area contributed by atoms with Crippen molar-refractivity contribution in [3.05, 3.63) is 0 Å². The summed E-state index contributed by atoms with van der Waals surface area (Å²) in [7, 11) is 0. The van der Waals surface area contributed by atoms with Crippen molar-refractivity contribution in [2.75, 3.05) is 13.1 Å². The Balaban J connectivity index is 2.29. The van der Waals surface area contributed by atoms with E-state index in [1.54, 1.807) is 6.92 Å². The fraction of sp³-hybridized carbons (Fsp3) is 0.714. The van der Waals surface area contributed by atoms with Crippen LogP contribution in [0, 0.1) is 5.92 Å². The number of ketones is 1. The summed E-state index contributed by atoms with van der Waals surface area (Å²) < 4.78 is 0. The average molecular weight is 157 g/mol. The lowest BCUT2D eigenvalue weighted by molar-refractivity contribution is -0.126. The van der Waals surface area contributed by atoms with E-state index < -0.39 is 6.09 Å². The number of hydrogen-bond acceptors (Lipinski definition) is 2. The number of amides is 1. The van der Waals surface area contributed by atoms with Gasteiger partial charge in [-0.1, -0.05) is 6.92 Å². The van der Waals surface area contributed by atoms with Gasteiger partial charge in [0.2, 0.25) is 0 Å². The molecule has 1 heterocycles. The summed E-state index contributed by atoms with van der Waals surface area (Å²) in [5.74, 6) is 0.138. The Morgan fingerprint density at radius 2 is 2.09 bits per heavy atom. The highest BCUT2D eigenvalue weighted by atomic mass is 16.4. The van der Waals surface area contributed by atoms with Crippen LogP contribution in [-0.2, 0) is 4.79 Å². The minimum absolute atomic E-state index is 0.0314. The molecular weight excluding hydrogens is 146 g/mol. The summed E-state index contributed by atoms with van der Waals surface area (Å²) in [5, 5.41) is 8.42. The first kappa shape index (κ1) is 8.04. The van der Waals surface area contributed by atoms with Gasteiger partial charge >= 0.3 is 6.09 Å². The van der Waals surface area contributed by atoms with E-state index in [1.165, 1.54) is 4.90 Å². The van der Waals surface area contributed by atoms with Crippen LogP contribution in [0.5, 0.6) is 0 Å². The zero-order chi connectivity index (χ0) is 8.43. The van der Waals surface area contributed by atoms with Crippen LogP contribution in [0.2, 0.25) is 0 Å². The SMILES string of the molecule is CCC(=O)C1CN(C(=O)O)C1. The molecular formula is C7H11NO3. The normalized spacial score (nSPS) is 17.7. The van der Waals surface area contributed by atoms with E-state index in [0.29, 0.717) is 19.5 Å². The zero-order valence-corrected chi connectivity index (χ0v) is 6.41. The molecule has 0 spiro atoms. The third-order valence-corrected chi connectivity index (χ3v) is 1.96. The Morgan fingerprint density at radius 1 is 1.55 bits per heavy atom. The molecule has 0 aromatic heterocycles. The van der Waals surface area contributed by atoms with Crippen LogP contribution >= 0.6 is 0 Å². The number of hydrogen-bond donors (Lipinski definition) is 1. The zero-order valence-electron chi connectivity index (χ0n) is 6.41. The number of rotatable bonds is 2. The third-order valence-electron chi connectivity index (χ3n) is 1.96. The van der Waals surface area contributed by atoms with Crippen LogP contribution in [0.3, 0.4) is 0 Å². The summed E-state index contributed by atoms with van der Waals surface area (Å²) in [6, 6.07) is 0. The summed E-state index contributed by atoms with van der Waals surface area (Å²) >= 11 is 0. The van der Waals surface area contributed by atoms with Crippen LogP contribution in [0.4, 0.5) is 4.79 Å². The second-order valence-corrected chi connectivity index (χ2v) is 2.70. The lowest BCUT2D eigenvalue weighted by Crippen LogP contribution is -2.52. The van der Waals surface area contributed by atoms with E-state index in [1.807, 2.05) is 0 Å². The summed E-state index contributed by atoms with van der Waals surface area (Å²) in [4.78, 5) is 22.4. The van der Waals surface area contributed by atoms with Crippen molar-refractivity contribution in [2.24, 2.45) is 5.92 Å². The van der Waals surface area contributed by atoms with Crippen molar-refractivity contribution >= 4 is 11.9 Å². The molecule has 1 fully saturated rings.